The van der Waals surface area contributed by atoms with Gasteiger partial charge in [-0.05, 0) is 12.5 Å². The van der Waals surface area contributed by atoms with E-state index in [2.05, 4.69) is 17.6 Å². The second-order valence-electron chi connectivity index (χ2n) is 4.48. The maximum Gasteiger partial charge on any atom is 0.319 e. The van der Waals surface area contributed by atoms with Crippen molar-refractivity contribution >= 4 is 17.4 Å². The van der Waals surface area contributed by atoms with Gasteiger partial charge < -0.3 is 16.4 Å². The van der Waals surface area contributed by atoms with Gasteiger partial charge in [0.25, 0.3) is 5.69 Å². The van der Waals surface area contributed by atoms with Gasteiger partial charge in [-0.2, -0.15) is 0 Å². The van der Waals surface area contributed by atoms with E-state index in [0.717, 1.165) is 19.3 Å². The van der Waals surface area contributed by atoms with Crippen LogP contribution in [0.2, 0.25) is 0 Å². The number of urea groups is 1. The Balaban J connectivity index is 2.57. The first kappa shape index (κ1) is 15.9. The van der Waals surface area contributed by atoms with E-state index in [1.54, 1.807) is 6.07 Å². The molecule has 7 nitrogen and oxygen atoms in total. The monoisotopic (exact) mass is 280 g/mol. The zero-order valence-corrected chi connectivity index (χ0v) is 11.5. The molecule has 0 aromatic heterocycles. The summed E-state index contributed by atoms with van der Waals surface area (Å²) >= 11 is 0. The van der Waals surface area contributed by atoms with E-state index in [-0.39, 0.29) is 11.7 Å². The number of carbonyl (C=O) groups excluding carboxylic acids is 1. The quantitative estimate of drug-likeness (QED) is 0.525. The van der Waals surface area contributed by atoms with Crippen LogP contribution >= 0.6 is 0 Å². The molecule has 110 valence electrons. The van der Waals surface area contributed by atoms with Crippen LogP contribution in [0.4, 0.5) is 16.2 Å². The third-order valence-electron chi connectivity index (χ3n) is 2.84. The zero-order chi connectivity index (χ0) is 15.0. The highest BCUT2D eigenvalue weighted by molar-refractivity contribution is 5.89. The molecule has 1 aromatic rings. The van der Waals surface area contributed by atoms with Crippen LogP contribution in [0.3, 0.4) is 0 Å². The van der Waals surface area contributed by atoms with Gasteiger partial charge in [0, 0.05) is 30.4 Å². The number of unbranched alkanes of at least 4 members (excludes halogenated alkanes) is 1. The lowest BCUT2D eigenvalue weighted by Crippen LogP contribution is -2.42. The Morgan fingerprint density at radius 2 is 2.25 bits per heavy atom. The SMILES string of the molecule is CCCCC(CN)NC(=O)Nc1cccc([N+](=O)[O-])c1. The zero-order valence-electron chi connectivity index (χ0n) is 11.5. The summed E-state index contributed by atoms with van der Waals surface area (Å²) in [6.07, 6.45) is 2.83. The summed E-state index contributed by atoms with van der Waals surface area (Å²) in [7, 11) is 0. The number of nitrogens with zero attached hydrogens (tertiary/aromatic N) is 1. The fourth-order valence-electron chi connectivity index (χ4n) is 1.75. The highest BCUT2D eigenvalue weighted by Crippen LogP contribution is 2.16. The Labute approximate surface area is 117 Å². The fourth-order valence-corrected chi connectivity index (χ4v) is 1.75. The molecule has 7 heteroatoms. The van der Waals surface area contributed by atoms with Crippen molar-refractivity contribution in [2.75, 3.05) is 11.9 Å². The smallest absolute Gasteiger partial charge is 0.319 e. The minimum Gasteiger partial charge on any atom is -0.334 e. The van der Waals surface area contributed by atoms with Crippen LogP contribution in [0.1, 0.15) is 26.2 Å². The standard InChI is InChI=1S/C13H20N4O3/c1-2-3-5-11(9-14)16-13(18)15-10-6-4-7-12(8-10)17(19)20/h4,6-8,11H,2-3,5,9,14H2,1H3,(H2,15,16,18). The van der Waals surface area contributed by atoms with Gasteiger partial charge in [-0.3, -0.25) is 10.1 Å². The predicted molar refractivity (Wildman–Crippen MR) is 77.6 cm³/mol. The summed E-state index contributed by atoms with van der Waals surface area (Å²) in [6, 6.07) is 5.29. The summed E-state index contributed by atoms with van der Waals surface area (Å²) in [5, 5.41) is 16.0. The third-order valence-corrected chi connectivity index (χ3v) is 2.84. The number of hydrogen-bond donors (Lipinski definition) is 3. The van der Waals surface area contributed by atoms with Crippen LogP contribution in [0.5, 0.6) is 0 Å². The topological polar surface area (TPSA) is 110 Å². The molecule has 0 heterocycles. The average molecular weight is 280 g/mol. The molecule has 0 radical (unpaired) electrons. The van der Waals surface area contributed by atoms with Gasteiger partial charge in [0.15, 0.2) is 0 Å². The predicted octanol–water partition coefficient (Wildman–Crippen LogP) is 2.23. The molecule has 2 amide bonds. The second-order valence-corrected chi connectivity index (χ2v) is 4.48. The van der Waals surface area contributed by atoms with Crippen molar-refractivity contribution in [1.29, 1.82) is 0 Å². The lowest BCUT2D eigenvalue weighted by atomic mass is 10.1. The number of benzene rings is 1. The normalized spacial score (nSPS) is 11.7. The number of hydrogen-bond acceptors (Lipinski definition) is 4. The number of nitro groups is 1. The van der Waals surface area contributed by atoms with E-state index in [1.165, 1.54) is 18.2 Å². The van der Waals surface area contributed by atoms with Crippen molar-refractivity contribution in [2.24, 2.45) is 5.73 Å². The first-order valence-electron chi connectivity index (χ1n) is 6.58. The van der Waals surface area contributed by atoms with E-state index in [1.807, 2.05) is 0 Å². The summed E-state index contributed by atoms with van der Waals surface area (Å²) in [5.41, 5.74) is 5.90. The first-order valence-corrected chi connectivity index (χ1v) is 6.58. The molecule has 0 aliphatic rings. The number of nitrogens with one attached hydrogen (secondary N) is 2. The Morgan fingerprint density at radius 1 is 1.50 bits per heavy atom. The molecule has 1 unspecified atom stereocenters. The van der Waals surface area contributed by atoms with Crippen molar-refractivity contribution in [1.82, 2.24) is 5.32 Å². The minimum absolute atomic E-state index is 0.0656. The first-order chi connectivity index (χ1) is 9.56. The molecule has 4 N–H and O–H groups in total. The third kappa shape index (κ3) is 5.23. The minimum atomic E-state index is -0.507. The van der Waals surface area contributed by atoms with Crippen LogP contribution in [0.15, 0.2) is 24.3 Å². The largest absolute Gasteiger partial charge is 0.334 e. The van der Waals surface area contributed by atoms with Crippen LogP contribution in [-0.2, 0) is 0 Å². The van der Waals surface area contributed by atoms with Crippen LogP contribution < -0.4 is 16.4 Å². The molecule has 0 saturated heterocycles. The number of non-ortho nitro benzene ring substituents is 1. The number of carbonyl (C=O) groups is 1. The Hall–Kier alpha value is -2.15. The molecule has 1 rings (SSSR count). The maximum atomic E-state index is 11.8. The lowest BCUT2D eigenvalue weighted by Gasteiger charge is -2.16. The van der Waals surface area contributed by atoms with Gasteiger partial charge in [0.1, 0.15) is 0 Å². The molecular formula is C13H20N4O3. The maximum absolute atomic E-state index is 11.8. The summed E-state index contributed by atoms with van der Waals surface area (Å²) in [4.78, 5) is 21.9. The number of anilines is 1. The molecular weight excluding hydrogens is 260 g/mol. The van der Waals surface area contributed by atoms with E-state index in [9.17, 15) is 14.9 Å². The van der Waals surface area contributed by atoms with E-state index >= 15 is 0 Å². The van der Waals surface area contributed by atoms with Gasteiger partial charge in [-0.15, -0.1) is 0 Å². The summed E-state index contributed by atoms with van der Waals surface area (Å²) in [6.45, 7) is 2.43. The van der Waals surface area contributed by atoms with Gasteiger partial charge in [0.2, 0.25) is 0 Å². The van der Waals surface area contributed by atoms with Crippen molar-refractivity contribution < 1.29 is 9.72 Å². The molecule has 0 saturated carbocycles. The summed E-state index contributed by atoms with van der Waals surface area (Å²) < 4.78 is 0. The van der Waals surface area contributed by atoms with Gasteiger partial charge >= 0.3 is 6.03 Å². The van der Waals surface area contributed by atoms with Crippen molar-refractivity contribution in [2.45, 2.75) is 32.2 Å². The van der Waals surface area contributed by atoms with Gasteiger partial charge in [-0.25, -0.2) is 4.79 Å². The van der Waals surface area contributed by atoms with E-state index in [4.69, 9.17) is 5.73 Å². The molecule has 1 aromatic carbocycles. The van der Waals surface area contributed by atoms with E-state index in [0.29, 0.717) is 12.2 Å². The van der Waals surface area contributed by atoms with Crippen molar-refractivity contribution in [3.8, 4) is 0 Å². The van der Waals surface area contributed by atoms with Crippen molar-refractivity contribution in [3.05, 3.63) is 34.4 Å². The van der Waals surface area contributed by atoms with Gasteiger partial charge in [0.05, 0.1) is 4.92 Å². The fraction of sp³-hybridized carbons (Fsp3) is 0.462. The molecule has 20 heavy (non-hydrogen) atoms. The van der Waals surface area contributed by atoms with E-state index < -0.39 is 11.0 Å². The van der Waals surface area contributed by atoms with Crippen LogP contribution in [0.25, 0.3) is 0 Å². The number of nitro benzene ring substituents is 1. The van der Waals surface area contributed by atoms with Gasteiger partial charge in [-0.1, -0.05) is 25.8 Å². The average Bonchev–Trinajstić information content (AvgIpc) is 2.43. The molecule has 0 aliphatic heterocycles. The molecule has 0 aliphatic carbocycles. The van der Waals surface area contributed by atoms with Crippen LogP contribution in [0, 0.1) is 10.1 Å². The molecule has 0 fully saturated rings. The van der Waals surface area contributed by atoms with Crippen molar-refractivity contribution in [3.63, 3.8) is 0 Å². The molecule has 1 atom stereocenters. The number of rotatable bonds is 7. The number of nitrogens with two attached hydrogens (primary N) is 1. The highest BCUT2D eigenvalue weighted by atomic mass is 16.6. The summed E-state index contributed by atoms with van der Waals surface area (Å²) in [5.74, 6) is 0. The van der Waals surface area contributed by atoms with Crippen LogP contribution in [-0.4, -0.2) is 23.5 Å². The lowest BCUT2D eigenvalue weighted by molar-refractivity contribution is -0.384. The molecule has 0 bridgehead atoms. The Kier molecular flexibility index (Phi) is 6.45. The highest BCUT2D eigenvalue weighted by Gasteiger charge is 2.11. The second kappa shape index (κ2) is 8.11. The number of amides is 2. The Morgan fingerprint density at radius 3 is 2.85 bits per heavy atom. The molecule has 0 spiro atoms. The Bertz CT molecular complexity index is 465.